The van der Waals surface area contributed by atoms with Gasteiger partial charge in [-0.2, -0.15) is 0 Å². The van der Waals surface area contributed by atoms with E-state index in [0.29, 0.717) is 11.6 Å². The molecule has 0 saturated heterocycles. The number of benzene rings is 1. The molecule has 3 aromatic rings. The van der Waals surface area contributed by atoms with Crippen LogP contribution in [0.25, 0.3) is 21.8 Å². The zero-order valence-electron chi connectivity index (χ0n) is 10.3. The zero-order chi connectivity index (χ0) is 13.2. The molecule has 0 spiro atoms. The number of rotatable bonds is 3. The fraction of sp³-hybridized carbons (Fsp3) is 0.0714. The summed E-state index contributed by atoms with van der Waals surface area (Å²) < 4.78 is 10.6. The highest BCUT2D eigenvalue weighted by Crippen LogP contribution is 2.39. The Morgan fingerprint density at radius 3 is 2.89 bits per heavy atom. The van der Waals surface area contributed by atoms with Gasteiger partial charge in [-0.25, -0.2) is 0 Å². The van der Waals surface area contributed by atoms with Gasteiger partial charge in [0.25, 0.3) is 0 Å². The second kappa shape index (κ2) is 4.78. The predicted octanol–water partition coefficient (Wildman–Crippen LogP) is 3.66. The van der Waals surface area contributed by atoms with E-state index in [0.717, 1.165) is 21.8 Å². The van der Waals surface area contributed by atoms with E-state index in [9.17, 15) is 0 Å². The number of ether oxygens (including phenoxy) is 1. The Kier molecular flexibility index (Phi) is 2.97. The first-order chi connectivity index (χ1) is 9.29. The molecule has 4 nitrogen and oxygen atoms in total. The lowest BCUT2D eigenvalue weighted by Crippen LogP contribution is -1.89. The number of nitrogens with zero attached hydrogens (tertiary/aromatic N) is 1. The molecule has 3 rings (SSSR count). The minimum absolute atomic E-state index is 0.386. The first-order valence-corrected chi connectivity index (χ1v) is 6.61. The standard InChI is InChI=1S/C14H12N2O2S/c1-17-10-5-2-4-9(8-10)12-13(18-16-14(12)15)11-6-3-7-19-11/h2-8H,1H3,(H2,15,16). The first-order valence-electron chi connectivity index (χ1n) is 5.73. The number of hydrogen-bond donors (Lipinski definition) is 1. The van der Waals surface area contributed by atoms with Gasteiger partial charge in [-0.05, 0) is 29.1 Å². The smallest absolute Gasteiger partial charge is 0.186 e. The van der Waals surface area contributed by atoms with Crippen LogP contribution in [0.3, 0.4) is 0 Å². The van der Waals surface area contributed by atoms with Crippen molar-refractivity contribution < 1.29 is 9.26 Å². The molecule has 0 saturated carbocycles. The molecule has 2 heterocycles. The molecule has 0 aliphatic carbocycles. The monoisotopic (exact) mass is 272 g/mol. The molecule has 5 heteroatoms. The van der Waals surface area contributed by atoms with Crippen molar-refractivity contribution in [3.05, 3.63) is 41.8 Å². The topological polar surface area (TPSA) is 61.3 Å². The summed E-state index contributed by atoms with van der Waals surface area (Å²) in [6.45, 7) is 0. The summed E-state index contributed by atoms with van der Waals surface area (Å²) in [5.41, 5.74) is 7.67. The van der Waals surface area contributed by atoms with Crippen molar-refractivity contribution in [2.45, 2.75) is 0 Å². The number of methoxy groups -OCH3 is 1. The van der Waals surface area contributed by atoms with E-state index >= 15 is 0 Å². The van der Waals surface area contributed by atoms with Gasteiger partial charge in [-0.1, -0.05) is 23.4 Å². The minimum Gasteiger partial charge on any atom is -0.497 e. The number of nitrogen functional groups attached to an aromatic ring is 1. The van der Waals surface area contributed by atoms with Crippen molar-refractivity contribution in [3.8, 4) is 27.5 Å². The van der Waals surface area contributed by atoms with Crippen LogP contribution in [0.2, 0.25) is 0 Å². The average Bonchev–Trinajstić information content (AvgIpc) is 3.07. The Bertz CT molecular complexity index is 689. The fourth-order valence-corrected chi connectivity index (χ4v) is 2.64. The maximum absolute atomic E-state index is 5.93. The van der Waals surface area contributed by atoms with Gasteiger partial charge in [-0.15, -0.1) is 11.3 Å². The van der Waals surface area contributed by atoms with Crippen LogP contribution in [0, 0.1) is 0 Å². The van der Waals surface area contributed by atoms with Crippen molar-refractivity contribution in [3.63, 3.8) is 0 Å². The summed E-state index contributed by atoms with van der Waals surface area (Å²) in [5, 5.41) is 5.86. The van der Waals surface area contributed by atoms with Crippen LogP contribution in [0.15, 0.2) is 46.3 Å². The minimum atomic E-state index is 0.386. The van der Waals surface area contributed by atoms with Crippen LogP contribution in [0.1, 0.15) is 0 Å². The summed E-state index contributed by atoms with van der Waals surface area (Å²) in [7, 11) is 1.64. The molecule has 0 bridgehead atoms. The number of nitrogens with two attached hydrogens (primary N) is 1. The number of anilines is 1. The van der Waals surface area contributed by atoms with Crippen LogP contribution in [-0.2, 0) is 0 Å². The molecule has 0 unspecified atom stereocenters. The summed E-state index contributed by atoms with van der Waals surface area (Å²) in [4.78, 5) is 1.00. The van der Waals surface area contributed by atoms with E-state index in [1.807, 2.05) is 41.8 Å². The van der Waals surface area contributed by atoms with Crippen molar-refractivity contribution >= 4 is 17.2 Å². The highest BCUT2D eigenvalue weighted by Gasteiger charge is 2.18. The van der Waals surface area contributed by atoms with Gasteiger partial charge in [0.05, 0.1) is 17.6 Å². The van der Waals surface area contributed by atoms with Crippen molar-refractivity contribution in [1.29, 1.82) is 0 Å². The van der Waals surface area contributed by atoms with Crippen LogP contribution >= 0.6 is 11.3 Å². The van der Waals surface area contributed by atoms with Gasteiger partial charge in [0.15, 0.2) is 11.6 Å². The van der Waals surface area contributed by atoms with E-state index in [1.165, 1.54) is 0 Å². The Labute approximate surface area is 114 Å². The van der Waals surface area contributed by atoms with E-state index in [2.05, 4.69) is 5.16 Å². The van der Waals surface area contributed by atoms with Crippen molar-refractivity contribution in [2.24, 2.45) is 0 Å². The molecule has 2 aromatic heterocycles. The second-order valence-electron chi connectivity index (χ2n) is 3.98. The fourth-order valence-electron chi connectivity index (χ4n) is 1.94. The maximum Gasteiger partial charge on any atom is 0.186 e. The molecule has 0 amide bonds. The normalized spacial score (nSPS) is 10.6. The third-order valence-electron chi connectivity index (χ3n) is 2.82. The van der Waals surface area contributed by atoms with Crippen molar-refractivity contribution in [1.82, 2.24) is 5.16 Å². The quantitative estimate of drug-likeness (QED) is 0.790. The Hall–Kier alpha value is -2.27. The van der Waals surface area contributed by atoms with Gasteiger partial charge in [0.2, 0.25) is 0 Å². The van der Waals surface area contributed by atoms with Crippen LogP contribution < -0.4 is 10.5 Å². The predicted molar refractivity (Wildman–Crippen MR) is 76.2 cm³/mol. The van der Waals surface area contributed by atoms with Gasteiger partial charge in [0.1, 0.15) is 5.75 Å². The molecule has 0 atom stereocenters. The lowest BCUT2D eigenvalue weighted by Gasteiger charge is -2.04. The number of aromatic nitrogens is 1. The third-order valence-corrected chi connectivity index (χ3v) is 3.69. The molecule has 2 N–H and O–H groups in total. The van der Waals surface area contributed by atoms with E-state index in [1.54, 1.807) is 18.4 Å². The molecular formula is C14H12N2O2S. The SMILES string of the molecule is COc1cccc(-c2c(N)noc2-c2cccs2)c1. The van der Waals surface area contributed by atoms with E-state index in [-0.39, 0.29) is 0 Å². The van der Waals surface area contributed by atoms with Gasteiger partial charge in [-0.3, -0.25) is 0 Å². The molecule has 0 aliphatic rings. The highest BCUT2D eigenvalue weighted by atomic mass is 32.1. The average molecular weight is 272 g/mol. The third kappa shape index (κ3) is 2.08. The van der Waals surface area contributed by atoms with E-state index in [4.69, 9.17) is 15.0 Å². The molecule has 0 fully saturated rings. The second-order valence-corrected chi connectivity index (χ2v) is 4.93. The summed E-state index contributed by atoms with van der Waals surface area (Å²) in [6.07, 6.45) is 0. The van der Waals surface area contributed by atoms with E-state index < -0.39 is 0 Å². The molecule has 1 aromatic carbocycles. The van der Waals surface area contributed by atoms with Crippen molar-refractivity contribution in [2.75, 3.05) is 12.8 Å². The largest absolute Gasteiger partial charge is 0.497 e. The Morgan fingerprint density at radius 2 is 2.16 bits per heavy atom. The lowest BCUT2D eigenvalue weighted by molar-refractivity contribution is 0.415. The van der Waals surface area contributed by atoms with Crippen LogP contribution in [0.4, 0.5) is 5.82 Å². The van der Waals surface area contributed by atoms with Gasteiger partial charge >= 0.3 is 0 Å². The molecule has 19 heavy (non-hydrogen) atoms. The van der Waals surface area contributed by atoms with Gasteiger partial charge in [0, 0.05) is 0 Å². The first kappa shape index (κ1) is 11.8. The maximum atomic E-state index is 5.93. The molecular weight excluding hydrogens is 260 g/mol. The Balaban J connectivity index is 2.16. The number of thiophene rings is 1. The molecule has 0 radical (unpaired) electrons. The zero-order valence-corrected chi connectivity index (χ0v) is 11.1. The summed E-state index contributed by atoms with van der Waals surface area (Å²) in [6, 6.07) is 11.6. The lowest BCUT2D eigenvalue weighted by atomic mass is 10.0. The molecule has 96 valence electrons. The van der Waals surface area contributed by atoms with Crippen LogP contribution in [0.5, 0.6) is 5.75 Å². The highest BCUT2D eigenvalue weighted by molar-refractivity contribution is 7.13. The number of hydrogen-bond acceptors (Lipinski definition) is 5. The molecule has 0 aliphatic heterocycles. The van der Waals surface area contributed by atoms with Gasteiger partial charge < -0.3 is 15.0 Å². The van der Waals surface area contributed by atoms with Crippen LogP contribution in [-0.4, -0.2) is 12.3 Å². The summed E-state index contributed by atoms with van der Waals surface area (Å²) in [5.74, 6) is 1.85. The summed E-state index contributed by atoms with van der Waals surface area (Å²) >= 11 is 1.59. The Morgan fingerprint density at radius 1 is 1.26 bits per heavy atom.